The summed E-state index contributed by atoms with van der Waals surface area (Å²) in [6, 6.07) is 6.86. The molecule has 1 N–H and O–H groups in total. The summed E-state index contributed by atoms with van der Waals surface area (Å²) in [6.07, 6.45) is 3.60. The van der Waals surface area contributed by atoms with E-state index >= 15 is 0 Å². The molecular formula is C16H23NO2S. The number of nitrogens with one attached hydrogen (secondary N) is 1. The second-order valence-electron chi connectivity index (χ2n) is 5.75. The second-order valence-corrected chi connectivity index (χ2v) is 7.52. The number of aryl methyl sites for hydroxylation is 1. The number of rotatable bonds is 7. The van der Waals surface area contributed by atoms with E-state index in [0.29, 0.717) is 11.4 Å². The average molecular weight is 293 g/mol. The van der Waals surface area contributed by atoms with E-state index in [0.717, 1.165) is 18.4 Å². The number of sulfonamides is 1. The third-order valence-corrected chi connectivity index (χ3v) is 4.60. The van der Waals surface area contributed by atoms with Crippen molar-refractivity contribution in [3.8, 4) is 0 Å². The van der Waals surface area contributed by atoms with Gasteiger partial charge in [0.25, 0.3) is 0 Å². The normalized spacial score (nSPS) is 11.9. The Bertz CT molecular complexity index is 579. The lowest BCUT2D eigenvalue weighted by molar-refractivity contribution is 0.337. The van der Waals surface area contributed by atoms with Gasteiger partial charge in [-0.2, -0.15) is 0 Å². The minimum absolute atomic E-state index is 0.106. The van der Waals surface area contributed by atoms with E-state index in [9.17, 15) is 8.42 Å². The fraction of sp³-hybridized carbons (Fsp3) is 0.438. The lowest BCUT2D eigenvalue weighted by Crippen LogP contribution is -2.34. The highest BCUT2D eigenvalue weighted by Crippen LogP contribution is 2.22. The maximum Gasteiger partial charge on any atom is 0.240 e. The standard InChI is InChI=1S/C16H23NO2S/c1-5-6-7-12-16(3,4)13-17-20(18,19)15-10-8-14(2)9-11-15/h6,8-11,17H,1,7,12-13H2,2-4H3. The molecule has 1 aromatic carbocycles. The Morgan fingerprint density at radius 3 is 2.45 bits per heavy atom. The first-order chi connectivity index (χ1) is 9.27. The van der Waals surface area contributed by atoms with E-state index in [1.54, 1.807) is 24.3 Å². The molecule has 20 heavy (non-hydrogen) atoms. The van der Waals surface area contributed by atoms with E-state index in [2.05, 4.69) is 17.0 Å². The third kappa shape index (κ3) is 5.33. The summed E-state index contributed by atoms with van der Waals surface area (Å²) in [4.78, 5) is 0.310. The molecule has 4 heteroatoms. The molecule has 1 rings (SSSR count). The predicted molar refractivity (Wildman–Crippen MR) is 83.1 cm³/mol. The summed E-state index contributed by atoms with van der Waals surface area (Å²) in [5, 5.41) is 0. The highest BCUT2D eigenvalue weighted by molar-refractivity contribution is 7.89. The zero-order valence-corrected chi connectivity index (χ0v) is 13.3. The van der Waals surface area contributed by atoms with Gasteiger partial charge in [0.2, 0.25) is 10.0 Å². The molecule has 0 aliphatic rings. The van der Waals surface area contributed by atoms with Crippen molar-refractivity contribution in [1.82, 2.24) is 4.72 Å². The van der Waals surface area contributed by atoms with Gasteiger partial charge in [-0.1, -0.05) is 38.1 Å². The fourth-order valence-corrected chi connectivity index (χ4v) is 2.99. The lowest BCUT2D eigenvalue weighted by atomic mass is 9.88. The molecule has 0 radical (unpaired) electrons. The first-order valence-corrected chi connectivity index (χ1v) is 8.16. The SMILES string of the molecule is C=C=CCCC(C)(C)CNS(=O)(=O)c1ccc(C)cc1. The smallest absolute Gasteiger partial charge is 0.211 e. The zero-order chi connectivity index (χ0) is 15.2. The summed E-state index contributed by atoms with van der Waals surface area (Å²) in [6.45, 7) is 9.95. The summed E-state index contributed by atoms with van der Waals surface area (Å²) in [5.74, 6) is 0. The largest absolute Gasteiger partial charge is 0.240 e. The number of hydrogen-bond donors (Lipinski definition) is 1. The Balaban J connectivity index is 2.67. The van der Waals surface area contributed by atoms with Crippen LogP contribution in [-0.4, -0.2) is 15.0 Å². The topological polar surface area (TPSA) is 46.2 Å². The van der Waals surface area contributed by atoms with Crippen molar-refractivity contribution >= 4 is 10.0 Å². The molecule has 1 aromatic rings. The molecule has 0 aliphatic carbocycles. The van der Waals surface area contributed by atoms with Crippen molar-refractivity contribution in [3.05, 3.63) is 48.2 Å². The van der Waals surface area contributed by atoms with E-state index in [4.69, 9.17) is 0 Å². The van der Waals surface area contributed by atoms with Gasteiger partial charge in [0.15, 0.2) is 0 Å². The van der Waals surface area contributed by atoms with Crippen LogP contribution in [0.2, 0.25) is 0 Å². The molecule has 0 spiro atoms. The molecule has 0 unspecified atom stereocenters. The minimum Gasteiger partial charge on any atom is -0.211 e. The Morgan fingerprint density at radius 2 is 1.90 bits per heavy atom. The summed E-state index contributed by atoms with van der Waals surface area (Å²) >= 11 is 0. The molecule has 0 fully saturated rings. The highest BCUT2D eigenvalue weighted by atomic mass is 32.2. The number of allylic oxidation sites excluding steroid dienone is 1. The molecule has 0 aromatic heterocycles. The lowest BCUT2D eigenvalue weighted by Gasteiger charge is -2.24. The Hall–Kier alpha value is -1.35. The van der Waals surface area contributed by atoms with Crippen LogP contribution in [0.15, 0.2) is 47.5 Å². The maximum atomic E-state index is 12.2. The first kappa shape index (κ1) is 16.7. The Kier molecular flexibility index (Phi) is 5.75. The summed E-state index contributed by atoms with van der Waals surface area (Å²) in [7, 11) is -3.43. The van der Waals surface area contributed by atoms with Gasteiger partial charge in [-0.15, -0.1) is 5.73 Å². The maximum absolute atomic E-state index is 12.2. The van der Waals surface area contributed by atoms with Gasteiger partial charge in [-0.05, 0) is 43.4 Å². The van der Waals surface area contributed by atoms with Crippen molar-refractivity contribution in [3.63, 3.8) is 0 Å². The highest BCUT2D eigenvalue weighted by Gasteiger charge is 2.21. The minimum atomic E-state index is -3.43. The molecule has 0 bridgehead atoms. The van der Waals surface area contributed by atoms with Crippen LogP contribution in [-0.2, 0) is 10.0 Å². The van der Waals surface area contributed by atoms with E-state index in [1.807, 2.05) is 26.8 Å². The van der Waals surface area contributed by atoms with Crippen LogP contribution in [0.3, 0.4) is 0 Å². The van der Waals surface area contributed by atoms with E-state index < -0.39 is 10.0 Å². The first-order valence-electron chi connectivity index (χ1n) is 6.67. The van der Waals surface area contributed by atoms with E-state index in [-0.39, 0.29) is 5.41 Å². The van der Waals surface area contributed by atoms with Crippen LogP contribution >= 0.6 is 0 Å². The molecule has 0 heterocycles. The quantitative estimate of drug-likeness (QED) is 0.783. The fourth-order valence-electron chi connectivity index (χ4n) is 1.74. The van der Waals surface area contributed by atoms with Crippen molar-refractivity contribution < 1.29 is 8.42 Å². The average Bonchev–Trinajstić information content (AvgIpc) is 2.37. The van der Waals surface area contributed by atoms with Crippen molar-refractivity contribution in [1.29, 1.82) is 0 Å². The molecule has 110 valence electrons. The monoisotopic (exact) mass is 293 g/mol. The van der Waals surface area contributed by atoms with Gasteiger partial charge in [0.05, 0.1) is 4.90 Å². The van der Waals surface area contributed by atoms with Crippen LogP contribution in [0.1, 0.15) is 32.3 Å². The predicted octanol–water partition coefficient (Wildman–Crippen LogP) is 3.42. The molecule has 0 atom stereocenters. The summed E-state index contributed by atoms with van der Waals surface area (Å²) in [5.41, 5.74) is 3.67. The van der Waals surface area contributed by atoms with Crippen LogP contribution < -0.4 is 4.72 Å². The van der Waals surface area contributed by atoms with Crippen molar-refractivity contribution in [2.24, 2.45) is 5.41 Å². The van der Waals surface area contributed by atoms with Crippen molar-refractivity contribution in [2.75, 3.05) is 6.54 Å². The number of hydrogen-bond acceptors (Lipinski definition) is 2. The number of benzene rings is 1. The van der Waals surface area contributed by atoms with Crippen LogP contribution in [0.4, 0.5) is 0 Å². The summed E-state index contributed by atoms with van der Waals surface area (Å²) < 4.78 is 27.0. The van der Waals surface area contributed by atoms with Crippen LogP contribution in [0.5, 0.6) is 0 Å². The van der Waals surface area contributed by atoms with Gasteiger partial charge in [-0.25, -0.2) is 13.1 Å². The molecular weight excluding hydrogens is 270 g/mol. The van der Waals surface area contributed by atoms with Gasteiger partial charge in [-0.3, -0.25) is 0 Å². The molecule has 0 saturated carbocycles. The van der Waals surface area contributed by atoms with Crippen molar-refractivity contribution in [2.45, 2.75) is 38.5 Å². The van der Waals surface area contributed by atoms with Gasteiger partial charge < -0.3 is 0 Å². The van der Waals surface area contributed by atoms with Crippen LogP contribution in [0, 0.1) is 12.3 Å². The Morgan fingerprint density at radius 1 is 1.30 bits per heavy atom. The third-order valence-electron chi connectivity index (χ3n) is 3.18. The molecule has 0 saturated heterocycles. The van der Waals surface area contributed by atoms with Crippen LogP contribution in [0.25, 0.3) is 0 Å². The molecule has 0 amide bonds. The zero-order valence-electron chi connectivity index (χ0n) is 12.4. The molecule has 3 nitrogen and oxygen atoms in total. The molecule has 0 aliphatic heterocycles. The van der Waals surface area contributed by atoms with Gasteiger partial charge in [0.1, 0.15) is 0 Å². The van der Waals surface area contributed by atoms with Gasteiger partial charge >= 0.3 is 0 Å². The second kappa shape index (κ2) is 6.89. The Labute approximate surface area is 122 Å². The van der Waals surface area contributed by atoms with Gasteiger partial charge in [0, 0.05) is 6.54 Å². The van der Waals surface area contributed by atoms with E-state index in [1.165, 1.54) is 0 Å².